The normalized spacial score (nSPS) is 15.8. The molecule has 0 saturated heterocycles. The molecule has 132 valence electrons. The highest BCUT2D eigenvalue weighted by atomic mass is 32.2. The molecule has 0 amide bonds. The summed E-state index contributed by atoms with van der Waals surface area (Å²) in [7, 11) is -4.21. The van der Waals surface area contributed by atoms with Gasteiger partial charge in [0.1, 0.15) is 0 Å². The monoisotopic (exact) mass is 392 g/mol. The highest BCUT2D eigenvalue weighted by Gasteiger charge is 2.27. The second kappa shape index (κ2) is 7.45. The van der Waals surface area contributed by atoms with E-state index in [4.69, 9.17) is 12.2 Å². The van der Waals surface area contributed by atoms with E-state index in [9.17, 15) is 13.0 Å². The predicted molar refractivity (Wildman–Crippen MR) is 107 cm³/mol. The SMILES string of the molecule is CCC(=S)C=C1Sc2ccc3ccccc3c2N1CCCS(=O)(=O)[O-]. The van der Waals surface area contributed by atoms with Crippen LogP contribution in [0.4, 0.5) is 5.69 Å². The summed E-state index contributed by atoms with van der Waals surface area (Å²) in [5, 5.41) is 3.23. The summed E-state index contributed by atoms with van der Waals surface area (Å²) in [4.78, 5) is 4.06. The smallest absolute Gasteiger partial charge is 0.0946 e. The van der Waals surface area contributed by atoms with Gasteiger partial charge in [-0.25, -0.2) is 8.42 Å². The highest BCUT2D eigenvalue weighted by Crippen LogP contribution is 2.49. The first-order valence-electron chi connectivity index (χ1n) is 8.04. The molecule has 1 aliphatic rings. The minimum absolute atomic E-state index is 0.283. The van der Waals surface area contributed by atoms with E-state index in [2.05, 4.69) is 29.2 Å². The van der Waals surface area contributed by atoms with Gasteiger partial charge in [0.2, 0.25) is 0 Å². The maximum atomic E-state index is 11.0. The third-order valence-corrected chi connectivity index (χ3v) is 6.31. The first kappa shape index (κ1) is 18.4. The third-order valence-electron chi connectivity index (χ3n) is 4.02. The number of allylic oxidation sites excluding steroid dienone is 1. The zero-order valence-corrected chi connectivity index (χ0v) is 16.2. The summed E-state index contributed by atoms with van der Waals surface area (Å²) in [5.74, 6) is -0.361. The Morgan fingerprint density at radius 2 is 2.04 bits per heavy atom. The maximum Gasteiger partial charge on any atom is 0.0946 e. The summed E-state index contributed by atoms with van der Waals surface area (Å²) in [6.45, 7) is 2.48. The molecule has 0 unspecified atom stereocenters. The summed E-state index contributed by atoms with van der Waals surface area (Å²) < 4.78 is 32.9. The number of hydrogen-bond donors (Lipinski definition) is 0. The molecule has 0 spiro atoms. The maximum absolute atomic E-state index is 11.0. The Hall–Kier alpha value is -1.41. The van der Waals surface area contributed by atoms with Crippen LogP contribution in [-0.4, -0.2) is 30.1 Å². The molecule has 1 aliphatic heterocycles. The van der Waals surface area contributed by atoms with E-state index in [1.807, 2.05) is 25.1 Å². The summed E-state index contributed by atoms with van der Waals surface area (Å²) in [6, 6.07) is 12.3. The Morgan fingerprint density at radius 1 is 1.28 bits per heavy atom. The number of thiocarbonyl (C=S) groups is 1. The lowest BCUT2D eigenvalue weighted by atomic mass is 10.1. The standard InChI is InChI=1S/C18H19NO3S3/c1-2-14(23)12-17-19(10-5-11-25(20,21)22)18-15-7-4-3-6-13(15)8-9-16(18)24-17/h3-4,6-9,12H,2,5,10-11H2,1H3,(H,20,21,22)/p-1. The lowest BCUT2D eigenvalue weighted by Crippen LogP contribution is -2.22. The molecule has 0 atom stereocenters. The van der Waals surface area contributed by atoms with E-state index in [1.54, 1.807) is 11.8 Å². The lowest BCUT2D eigenvalue weighted by Gasteiger charge is -2.22. The van der Waals surface area contributed by atoms with Crippen LogP contribution in [0.3, 0.4) is 0 Å². The summed E-state index contributed by atoms with van der Waals surface area (Å²) >= 11 is 6.99. The minimum atomic E-state index is -4.21. The minimum Gasteiger partial charge on any atom is -0.748 e. The fourth-order valence-corrected chi connectivity index (χ4v) is 4.68. The van der Waals surface area contributed by atoms with E-state index >= 15 is 0 Å². The van der Waals surface area contributed by atoms with Crippen LogP contribution in [0.5, 0.6) is 0 Å². The van der Waals surface area contributed by atoms with Crippen LogP contribution in [-0.2, 0) is 10.1 Å². The zero-order chi connectivity index (χ0) is 18.0. The molecular formula is C18H18NO3S3-. The largest absolute Gasteiger partial charge is 0.748 e. The van der Waals surface area contributed by atoms with Crippen molar-refractivity contribution in [3.63, 3.8) is 0 Å². The van der Waals surface area contributed by atoms with Gasteiger partial charge in [-0.05, 0) is 30.4 Å². The van der Waals surface area contributed by atoms with Crippen LogP contribution in [0.1, 0.15) is 19.8 Å². The summed E-state index contributed by atoms with van der Waals surface area (Å²) in [6.07, 6.45) is 3.03. The van der Waals surface area contributed by atoms with Gasteiger partial charge in [-0.3, -0.25) is 0 Å². The fourth-order valence-electron chi connectivity index (χ4n) is 2.84. The van der Waals surface area contributed by atoms with Crippen molar-refractivity contribution in [2.75, 3.05) is 17.2 Å². The average Bonchev–Trinajstić information content (AvgIpc) is 2.91. The van der Waals surface area contributed by atoms with Gasteiger partial charge in [-0.2, -0.15) is 0 Å². The number of nitrogens with zero attached hydrogens (tertiary/aromatic N) is 1. The van der Waals surface area contributed by atoms with Gasteiger partial charge >= 0.3 is 0 Å². The van der Waals surface area contributed by atoms with E-state index in [-0.39, 0.29) is 12.2 Å². The molecule has 1 heterocycles. The van der Waals surface area contributed by atoms with Gasteiger partial charge in [-0.1, -0.05) is 61.2 Å². The van der Waals surface area contributed by atoms with Crippen LogP contribution in [0.15, 0.2) is 52.4 Å². The van der Waals surface area contributed by atoms with Crippen LogP contribution >= 0.6 is 24.0 Å². The molecule has 2 aromatic rings. The molecule has 0 radical (unpaired) electrons. The Bertz CT molecular complexity index is 951. The van der Waals surface area contributed by atoms with Crippen molar-refractivity contribution in [3.8, 4) is 0 Å². The van der Waals surface area contributed by atoms with Crippen molar-refractivity contribution in [2.45, 2.75) is 24.7 Å². The van der Waals surface area contributed by atoms with Crippen LogP contribution in [0.25, 0.3) is 10.8 Å². The van der Waals surface area contributed by atoms with Crippen molar-refractivity contribution in [2.24, 2.45) is 0 Å². The number of anilines is 1. The van der Waals surface area contributed by atoms with Crippen molar-refractivity contribution >= 4 is 55.4 Å². The first-order chi connectivity index (χ1) is 11.9. The van der Waals surface area contributed by atoms with Crippen molar-refractivity contribution < 1.29 is 13.0 Å². The van der Waals surface area contributed by atoms with Crippen molar-refractivity contribution in [3.05, 3.63) is 47.5 Å². The van der Waals surface area contributed by atoms with Crippen LogP contribution in [0.2, 0.25) is 0 Å². The van der Waals surface area contributed by atoms with Gasteiger partial charge in [-0.15, -0.1) is 0 Å². The second-order valence-electron chi connectivity index (χ2n) is 5.80. The topological polar surface area (TPSA) is 60.4 Å². The van der Waals surface area contributed by atoms with E-state index < -0.39 is 10.1 Å². The Labute approximate surface area is 157 Å². The average molecular weight is 393 g/mol. The van der Waals surface area contributed by atoms with Crippen LogP contribution < -0.4 is 4.90 Å². The molecule has 0 saturated carbocycles. The molecule has 4 nitrogen and oxygen atoms in total. The van der Waals surface area contributed by atoms with Gasteiger partial charge < -0.3 is 9.45 Å². The number of fused-ring (bicyclic) bond motifs is 3. The molecular weight excluding hydrogens is 374 g/mol. The molecule has 25 heavy (non-hydrogen) atoms. The van der Waals surface area contributed by atoms with E-state index in [0.717, 1.165) is 37.7 Å². The van der Waals surface area contributed by atoms with Gasteiger partial charge in [0, 0.05) is 27.4 Å². The zero-order valence-electron chi connectivity index (χ0n) is 13.8. The van der Waals surface area contributed by atoms with E-state index in [0.29, 0.717) is 6.54 Å². The Balaban J connectivity index is 2.01. The molecule has 0 aromatic heterocycles. The lowest BCUT2D eigenvalue weighted by molar-refractivity contribution is 0.461. The molecule has 0 aliphatic carbocycles. The summed E-state index contributed by atoms with van der Waals surface area (Å²) in [5.41, 5.74) is 1.07. The first-order valence-corrected chi connectivity index (χ1v) is 10.8. The van der Waals surface area contributed by atoms with Gasteiger partial charge in [0.25, 0.3) is 0 Å². The van der Waals surface area contributed by atoms with E-state index in [1.165, 1.54) is 0 Å². The van der Waals surface area contributed by atoms with Gasteiger partial charge in [0.05, 0.1) is 20.8 Å². The number of thioether (sulfide) groups is 1. The highest BCUT2D eigenvalue weighted by molar-refractivity contribution is 8.03. The Morgan fingerprint density at radius 3 is 2.76 bits per heavy atom. The number of hydrogen-bond acceptors (Lipinski definition) is 6. The number of benzene rings is 2. The third kappa shape index (κ3) is 4.23. The quantitative estimate of drug-likeness (QED) is 0.415. The second-order valence-corrected chi connectivity index (χ2v) is 8.92. The van der Waals surface area contributed by atoms with Gasteiger partial charge in [0.15, 0.2) is 0 Å². The molecule has 3 rings (SSSR count). The molecule has 2 aromatic carbocycles. The van der Waals surface area contributed by atoms with Crippen molar-refractivity contribution in [1.29, 1.82) is 0 Å². The fraction of sp³-hybridized carbons (Fsp3) is 0.278. The number of rotatable bonds is 6. The molecule has 7 heteroatoms. The molecule has 0 bridgehead atoms. The molecule has 0 N–H and O–H groups in total. The Kier molecular flexibility index (Phi) is 5.48. The molecule has 0 fully saturated rings. The van der Waals surface area contributed by atoms with Crippen LogP contribution in [0, 0.1) is 0 Å². The predicted octanol–water partition coefficient (Wildman–Crippen LogP) is 4.31. The van der Waals surface area contributed by atoms with Crippen molar-refractivity contribution in [1.82, 2.24) is 0 Å².